The molecule has 1 rings (SSSR count). The van der Waals surface area contributed by atoms with Crippen LogP contribution in [0.25, 0.3) is 0 Å². The molecule has 10 heavy (non-hydrogen) atoms. The number of allylic oxidation sites excluding steroid dienone is 2. The summed E-state index contributed by atoms with van der Waals surface area (Å²) in [5, 5.41) is 0. The van der Waals surface area contributed by atoms with E-state index in [1.807, 2.05) is 6.08 Å². The number of hydrogen-bond donors (Lipinski definition) is 1. The lowest BCUT2D eigenvalue weighted by atomic mass is 10.1. The Kier molecular flexibility index (Phi) is 2.89. The van der Waals surface area contributed by atoms with Crippen LogP contribution in [0.5, 0.6) is 0 Å². The Hall–Kier alpha value is -0.350. The van der Waals surface area contributed by atoms with Crippen molar-refractivity contribution in [1.29, 1.82) is 0 Å². The molecule has 0 saturated carbocycles. The fraction of sp³-hybridized carbons (Fsp3) is 0.667. The minimum absolute atomic E-state index is 0.847. The van der Waals surface area contributed by atoms with Crippen molar-refractivity contribution in [3.05, 3.63) is 11.8 Å². The summed E-state index contributed by atoms with van der Waals surface area (Å²) in [5.74, 6) is 0. The second-order valence-corrected chi connectivity index (χ2v) is 2.99. The first kappa shape index (κ1) is 7.75. The smallest absolute Gasteiger partial charge is 0.0445 e. The summed E-state index contributed by atoms with van der Waals surface area (Å²) in [7, 11) is 0. The molecule has 1 aliphatic carbocycles. The van der Waals surface area contributed by atoms with Gasteiger partial charge in [0.15, 0.2) is 0 Å². The van der Waals surface area contributed by atoms with Gasteiger partial charge in [-0.05, 0) is 25.7 Å². The van der Waals surface area contributed by atoms with Crippen LogP contribution in [0, 0.1) is 0 Å². The summed E-state index contributed by atoms with van der Waals surface area (Å²) < 4.78 is 22.6. The topological polar surface area (TPSA) is 52.2 Å². The lowest BCUT2D eigenvalue weighted by Crippen LogP contribution is -2.17. The summed E-state index contributed by atoms with van der Waals surface area (Å²) in [5.41, 5.74) is 0.847. The van der Waals surface area contributed by atoms with Gasteiger partial charge in [-0.1, -0.05) is 6.08 Å². The predicted molar refractivity (Wildman–Crippen MR) is 38.6 cm³/mol. The number of nitrogens with one attached hydrogen (secondary N) is 1. The van der Waals surface area contributed by atoms with E-state index >= 15 is 0 Å². The Bertz CT molecular complexity index is 167. The molecule has 1 unspecified atom stereocenters. The molecule has 1 atom stereocenters. The molecule has 0 bridgehead atoms. The zero-order valence-corrected chi connectivity index (χ0v) is 6.45. The van der Waals surface area contributed by atoms with Gasteiger partial charge >= 0.3 is 0 Å². The molecule has 0 aliphatic heterocycles. The zero-order chi connectivity index (χ0) is 7.40. The average Bonchev–Trinajstić information content (AvgIpc) is 1.88. The summed E-state index contributed by atoms with van der Waals surface area (Å²) >= 11 is -2.13. The van der Waals surface area contributed by atoms with Crippen molar-refractivity contribution in [2.45, 2.75) is 25.7 Å². The third kappa shape index (κ3) is 2.49. The molecule has 0 spiro atoms. The first-order valence-corrected chi connectivity index (χ1v) is 4.41. The van der Waals surface area contributed by atoms with Crippen LogP contribution in [-0.4, -0.2) is 8.76 Å². The zero-order valence-electron chi connectivity index (χ0n) is 5.63. The average molecular weight is 160 g/mol. The Balaban J connectivity index is 2.38. The molecule has 1 N–H and O–H groups in total. The van der Waals surface area contributed by atoms with Crippen LogP contribution in [0.4, 0.5) is 0 Å². The highest BCUT2D eigenvalue weighted by Crippen LogP contribution is 2.14. The molecule has 4 heteroatoms. The van der Waals surface area contributed by atoms with Gasteiger partial charge in [-0.25, -0.2) is 0 Å². The molecule has 0 aromatic heterocycles. The molecule has 0 amide bonds. The van der Waals surface area contributed by atoms with Gasteiger partial charge in [0.2, 0.25) is 0 Å². The van der Waals surface area contributed by atoms with E-state index in [4.69, 9.17) is 0 Å². The quantitative estimate of drug-likeness (QED) is 0.608. The van der Waals surface area contributed by atoms with Crippen molar-refractivity contribution in [2.24, 2.45) is 0 Å². The monoisotopic (exact) mass is 160 g/mol. The summed E-state index contributed by atoms with van der Waals surface area (Å²) in [6, 6.07) is 0. The highest BCUT2D eigenvalue weighted by molar-refractivity contribution is 7.77. The van der Waals surface area contributed by atoms with Crippen molar-refractivity contribution in [1.82, 2.24) is 4.72 Å². The van der Waals surface area contributed by atoms with Crippen molar-refractivity contribution >= 4 is 11.3 Å². The normalized spacial score (nSPS) is 21.5. The van der Waals surface area contributed by atoms with Gasteiger partial charge in [0.25, 0.3) is 0 Å². The van der Waals surface area contributed by atoms with Crippen LogP contribution >= 0.6 is 0 Å². The van der Waals surface area contributed by atoms with Crippen molar-refractivity contribution < 1.29 is 8.76 Å². The largest absolute Gasteiger partial charge is 0.755 e. The minimum atomic E-state index is -2.13. The fourth-order valence-electron chi connectivity index (χ4n) is 1.04. The van der Waals surface area contributed by atoms with Crippen molar-refractivity contribution in [3.8, 4) is 0 Å². The van der Waals surface area contributed by atoms with Crippen LogP contribution in [-0.2, 0) is 11.3 Å². The summed E-state index contributed by atoms with van der Waals surface area (Å²) in [6.07, 6.45) is 6.08. The molecule has 0 saturated heterocycles. The van der Waals surface area contributed by atoms with E-state index in [1.54, 1.807) is 0 Å². The van der Waals surface area contributed by atoms with E-state index < -0.39 is 11.3 Å². The fourth-order valence-corrected chi connectivity index (χ4v) is 1.44. The highest BCUT2D eigenvalue weighted by atomic mass is 32.2. The highest BCUT2D eigenvalue weighted by Gasteiger charge is 2.01. The molecular formula is C6H10NO2S-. The Labute approximate surface area is 62.9 Å². The Morgan fingerprint density at radius 3 is 2.90 bits per heavy atom. The molecule has 0 aromatic rings. The lowest BCUT2D eigenvalue weighted by Gasteiger charge is -2.15. The molecule has 0 aromatic carbocycles. The third-order valence-electron chi connectivity index (χ3n) is 1.51. The molecule has 58 valence electrons. The van der Waals surface area contributed by atoms with Gasteiger partial charge in [0, 0.05) is 17.0 Å². The van der Waals surface area contributed by atoms with E-state index in [0.29, 0.717) is 0 Å². The lowest BCUT2D eigenvalue weighted by molar-refractivity contribution is 0.525. The van der Waals surface area contributed by atoms with Crippen LogP contribution in [0.2, 0.25) is 0 Å². The van der Waals surface area contributed by atoms with E-state index in [2.05, 4.69) is 4.72 Å². The molecule has 1 aliphatic rings. The third-order valence-corrected chi connectivity index (χ3v) is 1.93. The number of hydrogen-bond acceptors (Lipinski definition) is 2. The molecule has 0 heterocycles. The van der Waals surface area contributed by atoms with Crippen LogP contribution < -0.4 is 4.72 Å². The maximum atomic E-state index is 10.1. The maximum absolute atomic E-state index is 10.1. The first-order valence-electron chi connectivity index (χ1n) is 3.34. The van der Waals surface area contributed by atoms with Gasteiger partial charge in [-0.3, -0.25) is 4.21 Å². The van der Waals surface area contributed by atoms with Gasteiger partial charge in [0.05, 0.1) is 0 Å². The van der Waals surface area contributed by atoms with Crippen LogP contribution in [0.1, 0.15) is 25.7 Å². The van der Waals surface area contributed by atoms with Crippen molar-refractivity contribution in [2.75, 3.05) is 0 Å². The molecular weight excluding hydrogens is 150 g/mol. The van der Waals surface area contributed by atoms with Crippen LogP contribution in [0.15, 0.2) is 11.8 Å². The first-order chi connectivity index (χ1) is 4.79. The van der Waals surface area contributed by atoms with Crippen molar-refractivity contribution in [3.63, 3.8) is 0 Å². The van der Waals surface area contributed by atoms with Gasteiger partial charge < -0.3 is 9.27 Å². The molecule has 0 fully saturated rings. The van der Waals surface area contributed by atoms with Crippen LogP contribution in [0.3, 0.4) is 0 Å². The maximum Gasteiger partial charge on any atom is 0.0445 e. The Morgan fingerprint density at radius 1 is 1.60 bits per heavy atom. The van der Waals surface area contributed by atoms with E-state index in [0.717, 1.165) is 25.0 Å². The number of rotatable bonds is 2. The minimum Gasteiger partial charge on any atom is -0.755 e. The predicted octanol–water partition coefficient (Wildman–Crippen LogP) is 0.828. The second-order valence-electron chi connectivity index (χ2n) is 2.31. The summed E-state index contributed by atoms with van der Waals surface area (Å²) in [6.45, 7) is 0. The Morgan fingerprint density at radius 2 is 2.40 bits per heavy atom. The van der Waals surface area contributed by atoms with Gasteiger partial charge in [0.1, 0.15) is 0 Å². The van der Waals surface area contributed by atoms with E-state index in [1.165, 1.54) is 6.42 Å². The second kappa shape index (κ2) is 3.73. The van der Waals surface area contributed by atoms with Gasteiger partial charge in [-0.2, -0.15) is 0 Å². The SMILES string of the molecule is O=S([O-])NC1=CCCCC1. The van der Waals surface area contributed by atoms with E-state index in [-0.39, 0.29) is 0 Å². The molecule has 0 radical (unpaired) electrons. The van der Waals surface area contributed by atoms with Gasteiger partial charge in [-0.15, -0.1) is 0 Å². The molecule has 3 nitrogen and oxygen atoms in total. The van der Waals surface area contributed by atoms with E-state index in [9.17, 15) is 8.76 Å². The summed E-state index contributed by atoms with van der Waals surface area (Å²) in [4.78, 5) is 0. The standard InChI is InChI=1S/C6H11NO2S/c8-10(9)7-6-4-2-1-3-5-6/h4,7H,1-3,5H2,(H,8,9)/p-1.